The number of pyridine rings is 2. The Morgan fingerprint density at radius 2 is 2.00 bits per heavy atom. The van der Waals surface area contributed by atoms with E-state index in [1.54, 1.807) is 12.1 Å². The molecule has 1 saturated heterocycles. The van der Waals surface area contributed by atoms with Gasteiger partial charge in [0, 0.05) is 25.3 Å². The number of carbonyl (C=O) groups excluding carboxylic acids is 1. The Morgan fingerprint density at radius 3 is 2.61 bits per heavy atom. The molecule has 3 N–H and O–H groups in total. The van der Waals surface area contributed by atoms with Crippen molar-refractivity contribution < 1.29 is 23.1 Å². The molecule has 3 heterocycles. The normalized spacial score (nSPS) is 14.3. The van der Waals surface area contributed by atoms with Crippen molar-refractivity contribution >= 4 is 17.5 Å². The molecule has 3 rings (SSSR count). The number of aromatic nitrogens is 2. The van der Waals surface area contributed by atoms with Gasteiger partial charge in [-0.15, -0.1) is 0 Å². The first-order chi connectivity index (χ1) is 14.8. The van der Waals surface area contributed by atoms with Crippen LogP contribution in [0.15, 0.2) is 30.5 Å². The van der Waals surface area contributed by atoms with E-state index in [0.717, 1.165) is 25.3 Å². The summed E-state index contributed by atoms with van der Waals surface area (Å²) in [7, 11) is 0. The van der Waals surface area contributed by atoms with Crippen LogP contribution in [0.25, 0.3) is 0 Å². The van der Waals surface area contributed by atoms with Crippen molar-refractivity contribution in [3.8, 4) is 0 Å². The predicted molar refractivity (Wildman–Crippen MR) is 111 cm³/mol. The molecular formula is C21H26F3N5O2. The molecule has 0 atom stereocenters. The number of unbranched alkanes of at least 4 members (excludes halogenated alkanes) is 2. The van der Waals surface area contributed by atoms with Crippen LogP contribution < -0.4 is 15.5 Å². The van der Waals surface area contributed by atoms with E-state index in [1.807, 2.05) is 11.8 Å². The van der Waals surface area contributed by atoms with Gasteiger partial charge in [0.1, 0.15) is 11.5 Å². The van der Waals surface area contributed by atoms with Crippen molar-refractivity contribution in [1.29, 1.82) is 0 Å². The van der Waals surface area contributed by atoms with Gasteiger partial charge in [0.05, 0.1) is 18.0 Å². The summed E-state index contributed by atoms with van der Waals surface area (Å²) in [5, 5.41) is 14.7. The lowest BCUT2D eigenvalue weighted by Crippen LogP contribution is -2.51. The Morgan fingerprint density at radius 1 is 1.23 bits per heavy atom. The maximum atomic E-state index is 13.0. The molecule has 0 saturated carbocycles. The highest BCUT2D eigenvalue weighted by Crippen LogP contribution is 2.28. The van der Waals surface area contributed by atoms with Gasteiger partial charge in [0.2, 0.25) is 0 Å². The van der Waals surface area contributed by atoms with Crippen molar-refractivity contribution in [2.45, 2.75) is 51.4 Å². The van der Waals surface area contributed by atoms with Gasteiger partial charge in [0.25, 0.3) is 0 Å². The molecular weight excluding hydrogens is 411 g/mol. The smallest absolute Gasteiger partial charge is 0.389 e. The summed E-state index contributed by atoms with van der Waals surface area (Å²) in [6, 6.07) is 5.26. The van der Waals surface area contributed by atoms with Crippen molar-refractivity contribution in [3.63, 3.8) is 0 Å². The van der Waals surface area contributed by atoms with E-state index >= 15 is 0 Å². The summed E-state index contributed by atoms with van der Waals surface area (Å²) in [5.41, 5.74) is 0.472. The zero-order chi connectivity index (χ0) is 22.4. The van der Waals surface area contributed by atoms with Crippen molar-refractivity contribution in [1.82, 2.24) is 15.3 Å². The molecule has 0 radical (unpaired) electrons. The molecule has 0 unspecified atom stereocenters. The predicted octanol–water partition coefficient (Wildman–Crippen LogP) is 3.73. The molecule has 31 heavy (non-hydrogen) atoms. The summed E-state index contributed by atoms with van der Waals surface area (Å²) in [4.78, 5) is 22.2. The van der Waals surface area contributed by atoms with Crippen LogP contribution in [-0.2, 0) is 19.1 Å². The molecule has 2 aromatic heterocycles. The Bertz CT molecular complexity index is 884. The third kappa shape index (κ3) is 6.30. The van der Waals surface area contributed by atoms with E-state index in [-0.39, 0.29) is 12.6 Å². The van der Waals surface area contributed by atoms with Gasteiger partial charge in [-0.05, 0) is 36.6 Å². The first-order valence-electron chi connectivity index (χ1n) is 10.3. The van der Waals surface area contributed by atoms with Gasteiger partial charge < -0.3 is 20.6 Å². The fraction of sp³-hybridized carbons (Fsp3) is 0.476. The standard InChI is InChI=1S/C21H26F3N5O2/c1-2-3-4-5-17-14(6-8-18(28-17)21(22,23)24)10-26-20(31)27-15-7-9-19(25-11-15)29-12-16(30)13-29/h6-9,11,16,30H,2-5,10,12-13H2,1H3,(H2,26,27,31). The van der Waals surface area contributed by atoms with Gasteiger partial charge in [-0.3, -0.25) is 0 Å². The number of aliphatic hydroxyl groups is 1. The fourth-order valence-electron chi connectivity index (χ4n) is 3.25. The molecule has 0 aromatic carbocycles. The van der Waals surface area contributed by atoms with Crippen LogP contribution in [0.3, 0.4) is 0 Å². The largest absolute Gasteiger partial charge is 0.433 e. The Balaban J connectivity index is 1.58. The zero-order valence-electron chi connectivity index (χ0n) is 17.2. The number of alkyl halides is 3. The third-order valence-electron chi connectivity index (χ3n) is 5.01. The average molecular weight is 437 g/mol. The summed E-state index contributed by atoms with van der Waals surface area (Å²) >= 11 is 0. The molecule has 0 bridgehead atoms. The Kier molecular flexibility index (Phi) is 7.32. The number of urea groups is 1. The number of hydrogen-bond donors (Lipinski definition) is 3. The fourth-order valence-corrected chi connectivity index (χ4v) is 3.25. The SMILES string of the molecule is CCCCCc1nc(C(F)(F)F)ccc1CNC(=O)Nc1ccc(N2CC(O)C2)nc1. The number of rotatable bonds is 8. The van der Waals surface area contributed by atoms with Crippen LogP contribution in [0.1, 0.15) is 43.1 Å². The molecule has 10 heteroatoms. The van der Waals surface area contributed by atoms with E-state index < -0.39 is 17.9 Å². The molecule has 0 aliphatic carbocycles. The molecule has 2 aromatic rings. The van der Waals surface area contributed by atoms with Crippen LogP contribution >= 0.6 is 0 Å². The lowest BCUT2D eigenvalue weighted by Gasteiger charge is -2.36. The number of aliphatic hydroxyl groups excluding tert-OH is 1. The summed E-state index contributed by atoms with van der Waals surface area (Å²) < 4.78 is 39.0. The van der Waals surface area contributed by atoms with Crippen molar-refractivity contribution in [3.05, 3.63) is 47.4 Å². The van der Waals surface area contributed by atoms with E-state index in [4.69, 9.17) is 0 Å². The van der Waals surface area contributed by atoms with E-state index in [9.17, 15) is 23.1 Å². The van der Waals surface area contributed by atoms with Crippen LogP contribution in [0.4, 0.5) is 29.5 Å². The number of hydrogen-bond acceptors (Lipinski definition) is 5. The lowest BCUT2D eigenvalue weighted by atomic mass is 10.1. The Hall–Kier alpha value is -2.88. The highest BCUT2D eigenvalue weighted by molar-refractivity contribution is 5.89. The molecule has 2 amide bonds. The van der Waals surface area contributed by atoms with E-state index in [0.29, 0.717) is 42.3 Å². The number of nitrogens with zero attached hydrogens (tertiary/aromatic N) is 3. The van der Waals surface area contributed by atoms with Crippen LogP contribution in [0, 0.1) is 0 Å². The topological polar surface area (TPSA) is 90.4 Å². The van der Waals surface area contributed by atoms with Crippen molar-refractivity contribution in [2.24, 2.45) is 0 Å². The number of nitrogens with one attached hydrogen (secondary N) is 2. The van der Waals surface area contributed by atoms with Gasteiger partial charge in [-0.2, -0.15) is 13.2 Å². The third-order valence-corrected chi connectivity index (χ3v) is 5.01. The number of β-amino-alcohol motifs (C(OH)–C–C–N with tert-alkyl or cyclic N) is 1. The van der Waals surface area contributed by atoms with Gasteiger partial charge in [-0.25, -0.2) is 14.8 Å². The van der Waals surface area contributed by atoms with E-state index in [2.05, 4.69) is 20.6 Å². The number of amides is 2. The van der Waals surface area contributed by atoms with Gasteiger partial charge in [0.15, 0.2) is 0 Å². The van der Waals surface area contributed by atoms with Crippen LogP contribution in [-0.4, -0.2) is 40.3 Å². The molecule has 1 aliphatic rings. The van der Waals surface area contributed by atoms with Crippen molar-refractivity contribution in [2.75, 3.05) is 23.3 Å². The minimum Gasteiger partial charge on any atom is -0.389 e. The lowest BCUT2D eigenvalue weighted by molar-refractivity contribution is -0.141. The molecule has 168 valence electrons. The summed E-state index contributed by atoms with van der Waals surface area (Å²) in [5.74, 6) is 0.712. The monoisotopic (exact) mass is 437 g/mol. The van der Waals surface area contributed by atoms with Gasteiger partial charge in [-0.1, -0.05) is 25.8 Å². The van der Waals surface area contributed by atoms with Crippen LogP contribution in [0.5, 0.6) is 0 Å². The number of carbonyl (C=O) groups is 1. The number of aryl methyl sites for hydroxylation is 1. The molecule has 1 aliphatic heterocycles. The molecule has 1 fully saturated rings. The Labute approximate surface area is 178 Å². The van der Waals surface area contributed by atoms with Gasteiger partial charge >= 0.3 is 12.2 Å². The summed E-state index contributed by atoms with van der Waals surface area (Å²) in [6.45, 7) is 3.14. The maximum absolute atomic E-state index is 13.0. The highest BCUT2D eigenvalue weighted by atomic mass is 19.4. The second-order valence-electron chi connectivity index (χ2n) is 7.53. The number of anilines is 2. The van der Waals surface area contributed by atoms with Crippen LogP contribution in [0.2, 0.25) is 0 Å². The quantitative estimate of drug-likeness (QED) is 0.548. The zero-order valence-corrected chi connectivity index (χ0v) is 17.2. The van der Waals surface area contributed by atoms with E-state index in [1.165, 1.54) is 12.3 Å². The maximum Gasteiger partial charge on any atom is 0.433 e. The molecule has 0 spiro atoms. The minimum atomic E-state index is -4.50. The average Bonchev–Trinajstić information content (AvgIpc) is 2.70. The minimum absolute atomic E-state index is 0.0651. The summed E-state index contributed by atoms with van der Waals surface area (Å²) in [6.07, 6.45) is -0.337. The second-order valence-corrected chi connectivity index (χ2v) is 7.53. The number of halogens is 3. The first kappa shape index (κ1) is 22.8. The highest BCUT2D eigenvalue weighted by Gasteiger charge is 2.33. The second kappa shape index (κ2) is 9.95. The first-order valence-corrected chi connectivity index (χ1v) is 10.3. The molecule has 7 nitrogen and oxygen atoms in total.